The Balaban J connectivity index is 1.93. The number of nitrogens with zero attached hydrogens (tertiary/aromatic N) is 4. The van der Waals surface area contributed by atoms with Crippen LogP contribution in [0.25, 0.3) is 11.3 Å². The van der Waals surface area contributed by atoms with E-state index in [1.54, 1.807) is 17.1 Å². The summed E-state index contributed by atoms with van der Waals surface area (Å²) in [4.78, 5) is 0. The highest BCUT2D eigenvalue weighted by molar-refractivity contribution is 7.71. The minimum Gasteiger partial charge on any atom is -0.277 e. The lowest BCUT2D eigenvalue weighted by atomic mass is 10.1. The van der Waals surface area contributed by atoms with Gasteiger partial charge in [0.05, 0.1) is 18.1 Å². The number of hydrogen-bond donors (Lipinski definition) is 2. The summed E-state index contributed by atoms with van der Waals surface area (Å²) in [5, 5.41) is 18.6. The lowest BCUT2D eigenvalue weighted by molar-refractivity contribution is 0.740. The second-order valence-electron chi connectivity index (χ2n) is 5.32. The molecule has 0 bridgehead atoms. The van der Waals surface area contributed by atoms with Crippen LogP contribution in [0, 0.1) is 11.7 Å². The third-order valence-corrected chi connectivity index (χ3v) is 3.78. The van der Waals surface area contributed by atoms with Gasteiger partial charge in [0.1, 0.15) is 0 Å². The summed E-state index contributed by atoms with van der Waals surface area (Å²) in [6.45, 7) is 4.16. The summed E-state index contributed by atoms with van der Waals surface area (Å²) < 4.78 is 2.15. The van der Waals surface area contributed by atoms with E-state index in [4.69, 9.17) is 12.2 Å². The molecule has 118 valence electrons. The first-order valence-corrected chi connectivity index (χ1v) is 7.91. The van der Waals surface area contributed by atoms with Crippen LogP contribution in [0.1, 0.15) is 30.3 Å². The third-order valence-electron chi connectivity index (χ3n) is 3.51. The maximum absolute atomic E-state index is 5.23. The molecular weight excluding hydrogens is 308 g/mol. The van der Waals surface area contributed by atoms with Gasteiger partial charge in [-0.1, -0.05) is 36.8 Å². The maximum atomic E-state index is 5.23. The van der Waals surface area contributed by atoms with E-state index in [-0.39, 0.29) is 0 Å². The molecule has 3 aromatic rings. The van der Waals surface area contributed by atoms with Gasteiger partial charge in [-0.2, -0.15) is 20.0 Å². The first kappa shape index (κ1) is 15.4. The van der Waals surface area contributed by atoms with Crippen LogP contribution in [-0.4, -0.2) is 31.3 Å². The minimum atomic E-state index is 0.491. The summed E-state index contributed by atoms with van der Waals surface area (Å²) >= 11 is 5.23. The topological polar surface area (TPSA) is 74.7 Å². The lowest BCUT2D eigenvalue weighted by Crippen LogP contribution is -1.98. The van der Waals surface area contributed by atoms with Gasteiger partial charge in [-0.25, -0.2) is 0 Å². The fourth-order valence-electron chi connectivity index (χ4n) is 2.29. The van der Waals surface area contributed by atoms with Gasteiger partial charge >= 0.3 is 0 Å². The average molecular weight is 326 g/mol. The van der Waals surface area contributed by atoms with Crippen molar-refractivity contribution in [3.8, 4) is 11.3 Å². The Morgan fingerprint density at radius 1 is 1.26 bits per heavy atom. The van der Waals surface area contributed by atoms with E-state index >= 15 is 0 Å². The van der Waals surface area contributed by atoms with Crippen molar-refractivity contribution in [3.63, 3.8) is 0 Å². The van der Waals surface area contributed by atoms with Crippen LogP contribution in [-0.2, 0) is 6.42 Å². The second-order valence-corrected chi connectivity index (χ2v) is 5.70. The Hall–Kier alpha value is -2.54. The van der Waals surface area contributed by atoms with Crippen molar-refractivity contribution in [1.82, 2.24) is 25.1 Å². The van der Waals surface area contributed by atoms with Crippen molar-refractivity contribution in [3.05, 3.63) is 52.2 Å². The molecule has 23 heavy (non-hydrogen) atoms. The van der Waals surface area contributed by atoms with Crippen molar-refractivity contribution in [2.24, 2.45) is 5.10 Å². The summed E-state index contributed by atoms with van der Waals surface area (Å²) in [5.41, 5.74) is 4.12. The Labute approximate surface area is 139 Å². The van der Waals surface area contributed by atoms with Crippen LogP contribution in [0.2, 0.25) is 0 Å². The third kappa shape index (κ3) is 3.29. The molecule has 0 fully saturated rings. The molecule has 7 heteroatoms. The smallest absolute Gasteiger partial charge is 0.216 e. The molecule has 0 aliphatic carbocycles. The van der Waals surface area contributed by atoms with Gasteiger partial charge in [-0.15, -0.1) is 0 Å². The molecule has 2 heterocycles. The zero-order valence-electron chi connectivity index (χ0n) is 13.1. The fourth-order valence-corrected chi connectivity index (χ4v) is 2.49. The standard InChI is InChI=1S/C16H18N6S/c1-3-4-14-19-21-16(23)22(14)18-10-13-9-17-20-15(13)12-7-5-11(2)6-8-12/h5-10H,3-4H2,1-2H3,(H,17,20)(H,21,23)/b18-10+. The molecular formula is C16H18N6S. The molecule has 2 N–H and O–H groups in total. The zero-order chi connectivity index (χ0) is 16.2. The molecule has 0 saturated heterocycles. The number of rotatable bonds is 5. The maximum Gasteiger partial charge on any atom is 0.216 e. The number of aromatic nitrogens is 5. The second kappa shape index (κ2) is 6.70. The average Bonchev–Trinajstić information content (AvgIpc) is 3.14. The van der Waals surface area contributed by atoms with Crippen molar-refractivity contribution in [1.29, 1.82) is 0 Å². The highest BCUT2D eigenvalue weighted by atomic mass is 32.1. The Morgan fingerprint density at radius 3 is 2.78 bits per heavy atom. The molecule has 0 amide bonds. The lowest BCUT2D eigenvalue weighted by Gasteiger charge is -2.01. The first-order chi connectivity index (χ1) is 11.2. The minimum absolute atomic E-state index is 0.491. The molecule has 0 aliphatic heterocycles. The van der Waals surface area contributed by atoms with Crippen LogP contribution >= 0.6 is 12.2 Å². The molecule has 6 nitrogen and oxygen atoms in total. The zero-order valence-corrected chi connectivity index (χ0v) is 13.9. The van der Waals surface area contributed by atoms with Crippen LogP contribution in [0.3, 0.4) is 0 Å². The van der Waals surface area contributed by atoms with Gasteiger partial charge < -0.3 is 0 Å². The van der Waals surface area contributed by atoms with E-state index in [0.29, 0.717) is 4.77 Å². The van der Waals surface area contributed by atoms with Crippen LogP contribution < -0.4 is 0 Å². The number of benzene rings is 1. The molecule has 1 aromatic carbocycles. The largest absolute Gasteiger partial charge is 0.277 e. The van der Waals surface area contributed by atoms with Crippen molar-refractivity contribution in [2.45, 2.75) is 26.7 Å². The number of aryl methyl sites for hydroxylation is 2. The van der Waals surface area contributed by atoms with Crippen molar-refractivity contribution in [2.75, 3.05) is 0 Å². The quantitative estimate of drug-likeness (QED) is 0.557. The molecule has 2 aromatic heterocycles. The van der Waals surface area contributed by atoms with Crippen molar-refractivity contribution < 1.29 is 0 Å². The van der Waals surface area contributed by atoms with Crippen LogP contribution in [0.15, 0.2) is 35.6 Å². The predicted octanol–water partition coefficient (Wildman–Crippen LogP) is 3.47. The number of H-pyrrole nitrogens is 2. The molecule has 0 aliphatic rings. The number of hydrogen-bond acceptors (Lipinski definition) is 4. The number of aromatic amines is 2. The highest BCUT2D eigenvalue weighted by Gasteiger charge is 2.07. The Bertz CT molecular complexity index is 869. The highest BCUT2D eigenvalue weighted by Crippen LogP contribution is 2.20. The summed E-state index contributed by atoms with van der Waals surface area (Å²) in [5.74, 6) is 0.828. The SMILES string of the molecule is CCCc1n[nH]c(=S)n1/N=C/c1cn[nH]c1-c1ccc(C)cc1. The van der Waals surface area contributed by atoms with Gasteiger partial charge in [0.15, 0.2) is 5.82 Å². The van der Waals surface area contributed by atoms with Crippen LogP contribution in [0.4, 0.5) is 0 Å². The van der Waals surface area contributed by atoms with Gasteiger partial charge in [-0.05, 0) is 25.6 Å². The van der Waals surface area contributed by atoms with Crippen LogP contribution in [0.5, 0.6) is 0 Å². The molecule has 0 atom stereocenters. The van der Waals surface area contributed by atoms with Gasteiger partial charge in [0, 0.05) is 17.5 Å². The Kier molecular flexibility index (Phi) is 4.47. The van der Waals surface area contributed by atoms with E-state index < -0.39 is 0 Å². The Morgan fingerprint density at radius 2 is 2.04 bits per heavy atom. The summed E-state index contributed by atoms with van der Waals surface area (Å²) in [6, 6.07) is 8.27. The van der Waals surface area contributed by atoms with Gasteiger partial charge in [0.2, 0.25) is 4.77 Å². The summed E-state index contributed by atoms with van der Waals surface area (Å²) in [7, 11) is 0. The summed E-state index contributed by atoms with van der Waals surface area (Å²) in [6.07, 6.45) is 5.31. The molecule has 0 saturated carbocycles. The van der Waals surface area contributed by atoms with Gasteiger partial charge in [-0.3, -0.25) is 10.2 Å². The normalized spacial score (nSPS) is 11.4. The number of nitrogens with one attached hydrogen (secondary N) is 2. The van der Waals surface area contributed by atoms with E-state index in [9.17, 15) is 0 Å². The monoisotopic (exact) mass is 326 g/mol. The van der Waals surface area contributed by atoms with E-state index in [1.165, 1.54) is 5.56 Å². The molecule has 0 unspecified atom stereocenters. The fraction of sp³-hybridized carbons (Fsp3) is 0.250. The molecule has 3 rings (SSSR count). The first-order valence-electron chi connectivity index (χ1n) is 7.50. The molecule has 0 radical (unpaired) electrons. The van der Waals surface area contributed by atoms with Crippen molar-refractivity contribution >= 4 is 18.4 Å². The van der Waals surface area contributed by atoms with E-state index in [0.717, 1.165) is 35.5 Å². The molecule has 0 spiro atoms. The van der Waals surface area contributed by atoms with E-state index in [1.807, 2.05) is 0 Å². The predicted molar refractivity (Wildman–Crippen MR) is 93.2 cm³/mol. The van der Waals surface area contributed by atoms with E-state index in [2.05, 4.69) is 63.6 Å². The van der Waals surface area contributed by atoms with Gasteiger partial charge in [0.25, 0.3) is 0 Å².